The molecule has 1 aliphatic carbocycles. The zero-order valence-corrected chi connectivity index (χ0v) is 21.2. The van der Waals surface area contributed by atoms with Gasteiger partial charge in [0, 0.05) is 17.4 Å². The van der Waals surface area contributed by atoms with Gasteiger partial charge in [-0.25, -0.2) is 27.8 Å². The first-order chi connectivity index (χ1) is 18.7. The molecular weight excluding hydrogens is 512 g/mol. The maximum atomic E-state index is 14.3. The van der Waals surface area contributed by atoms with Crippen molar-refractivity contribution in [2.45, 2.75) is 52.0 Å². The number of carboxylic acids is 1. The van der Waals surface area contributed by atoms with Crippen molar-refractivity contribution >= 4 is 17.7 Å². The predicted molar refractivity (Wildman–Crippen MR) is 136 cm³/mol. The number of benzene rings is 2. The number of carbonyl (C=O) groups excluding carboxylic acids is 1. The topological polar surface area (TPSA) is 128 Å². The molecule has 1 fully saturated rings. The monoisotopic (exact) mass is 537 g/mol. The molecule has 1 N–H and O–H groups in total. The van der Waals surface area contributed by atoms with Gasteiger partial charge in [0.15, 0.2) is 11.6 Å². The number of hydrogen-bond acceptors (Lipinski definition) is 6. The number of amides is 1. The molecule has 11 nitrogen and oxygen atoms in total. The first kappa shape index (κ1) is 25.9. The van der Waals surface area contributed by atoms with Crippen molar-refractivity contribution in [3.05, 3.63) is 81.5 Å². The highest BCUT2D eigenvalue weighted by Crippen LogP contribution is 2.31. The van der Waals surface area contributed by atoms with E-state index in [1.165, 1.54) is 15.6 Å². The fraction of sp³-hybridized carbons (Fsp3) is 0.308. The van der Waals surface area contributed by atoms with Crippen molar-refractivity contribution in [3.63, 3.8) is 0 Å². The lowest BCUT2D eigenvalue weighted by Crippen LogP contribution is -2.47. The number of para-hydroxylation sites is 1. The highest BCUT2D eigenvalue weighted by atomic mass is 19.1. The second-order valence-corrected chi connectivity index (χ2v) is 9.45. The highest BCUT2D eigenvalue weighted by molar-refractivity contribution is 5.97. The summed E-state index contributed by atoms with van der Waals surface area (Å²) in [6, 6.07) is 8.06. The molecule has 2 aromatic carbocycles. The highest BCUT2D eigenvalue weighted by Gasteiger charge is 2.32. The molecule has 0 saturated heterocycles. The average Bonchev–Trinajstić information content (AvgIpc) is 3.45. The van der Waals surface area contributed by atoms with Crippen LogP contribution in [0.4, 0.5) is 19.3 Å². The molecule has 39 heavy (non-hydrogen) atoms. The third kappa shape index (κ3) is 4.71. The largest absolute Gasteiger partial charge is 0.478 e. The molecule has 1 saturated carbocycles. The summed E-state index contributed by atoms with van der Waals surface area (Å²) in [4.78, 5) is 40.5. The lowest BCUT2D eigenvalue weighted by atomic mass is 9.93. The molecule has 5 rings (SSSR count). The number of aromatic carboxylic acids is 1. The van der Waals surface area contributed by atoms with Crippen LogP contribution < -0.4 is 10.6 Å². The molecule has 202 valence electrons. The van der Waals surface area contributed by atoms with Crippen LogP contribution in [0.25, 0.3) is 11.4 Å². The summed E-state index contributed by atoms with van der Waals surface area (Å²) in [7, 11) is 0. The normalized spacial score (nSPS) is 13.9. The summed E-state index contributed by atoms with van der Waals surface area (Å²) in [5.41, 5.74) is -0.0428. The average molecular weight is 538 g/mol. The van der Waals surface area contributed by atoms with E-state index in [1.807, 2.05) is 6.07 Å². The zero-order valence-electron chi connectivity index (χ0n) is 21.2. The number of rotatable bonds is 5. The van der Waals surface area contributed by atoms with Crippen molar-refractivity contribution in [2.24, 2.45) is 0 Å². The summed E-state index contributed by atoms with van der Waals surface area (Å²) in [5, 5.41) is 21.6. The van der Waals surface area contributed by atoms with Gasteiger partial charge in [0.05, 0.1) is 16.9 Å². The second kappa shape index (κ2) is 10.2. The Balaban J connectivity index is 1.61. The number of aryl methyl sites for hydroxylation is 2. The zero-order chi connectivity index (χ0) is 27.8. The molecule has 2 aromatic heterocycles. The van der Waals surface area contributed by atoms with Gasteiger partial charge in [-0.2, -0.15) is 9.78 Å². The van der Waals surface area contributed by atoms with Gasteiger partial charge >= 0.3 is 17.7 Å². The lowest BCUT2D eigenvalue weighted by molar-refractivity contribution is 0.0696. The van der Waals surface area contributed by atoms with Gasteiger partial charge in [-0.05, 0) is 73.5 Å². The van der Waals surface area contributed by atoms with Crippen molar-refractivity contribution < 1.29 is 23.5 Å². The number of anilines is 1. The first-order valence-corrected chi connectivity index (χ1v) is 12.4. The summed E-state index contributed by atoms with van der Waals surface area (Å²) < 4.78 is 31.0. The minimum atomic E-state index is -1.23. The van der Waals surface area contributed by atoms with E-state index < -0.39 is 35.0 Å². The van der Waals surface area contributed by atoms with Crippen LogP contribution in [0.1, 0.15) is 53.8 Å². The van der Waals surface area contributed by atoms with E-state index in [0.717, 1.165) is 43.2 Å². The van der Waals surface area contributed by atoms with E-state index in [9.17, 15) is 28.3 Å². The van der Waals surface area contributed by atoms with Gasteiger partial charge in [0.25, 0.3) is 0 Å². The molecule has 0 radical (unpaired) electrons. The number of carbonyl (C=O) groups is 2. The fourth-order valence-electron chi connectivity index (χ4n) is 5.02. The van der Waals surface area contributed by atoms with Crippen LogP contribution >= 0.6 is 0 Å². The molecule has 1 aliphatic rings. The molecule has 4 aromatic rings. The SMILES string of the molecule is Cc1cc(C)n(-c2ccc(N(C(=O)n3nnn(-c4c(F)cccc4F)c3=O)C3CCCCC3)cc2C(=O)O)n1. The quantitative estimate of drug-likeness (QED) is 0.381. The Morgan fingerprint density at radius 1 is 0.974 bits per heavy atom. The molecule has 2 heterocycles. The smallest absolute Gasteiger partial charge is 0.377 e. The Morgan fingerprint density at radius 2 is 1.67 bits per heavy atom. The molecular formula is C26H25F2N7O4. The molecule has 0 aliphatic heterocycles. The van der Waals surface area contributed by atoms with Gasteiger partial charge in [-0.1, -0.05) is 25.3 Å². The van der Waals surface area contributed by atoms with E-state index in [-0.39, 0.29) is 17.3 Å². The van der Waals surface area contributed by atoms with E-state index >= 15 is 0 Å². The molecule has 0 spiro atoms. The molecule has 1 amide bonds. The first-order valence-electron chi connectivity index (χ1n) is 12.4. The standard InChI is InChI=1S/C26H25F2N7O4/c1-15-13-16(2)33(29-15)22-12-11-18(14-19(22)24(36)37)32(17-7-4-3-5-8-17)25(38)35-26(39)34(30-31-35)23-20(27)9-6-10-21(23)28/h6,9-14,17H,3-5,7-8H2,1-2H3,(H,36,37). The van der Waals surface area contributed by atoms with E-state index in [1.54, 1.807) is 26.0 Å². The molecule has 0 atom stereocenters. The van der Waals surface area contributed by atoms with Crippen molar-refractivity contribution in [1.82, 2.24) is 29.6 Å². The maximum absolute atomic E-state index is 14.3. The minimum Gasteiger partial charge on any atom is -0.478 e. The molecule has 0 bridgehead atoms. The molecule has 0 unspecified atom stereocenters. The number of nitrogens with zero attached hydrogens (tertiary/aromatic N) is 7. The number of hydrogen-bond donors (Lipinski definition) is 1. The van der Waals surface area contributed by atoms with Crippen LogP contribution in [-0.2, 0) is 0 Å². The van der Waals surface area contributed by atoms with Crippen LogP contribution in [-0.4, -0.2) is 52.7 Å². The Labute approximate surface area is 220 Å². The van der Waals surface area contributed by atoms with Crippen molar-refractivity contribution in [1.29, 1.82) is 0 Å². The Hall–Kier alpha value is -4.68. The summed E-state index contributed by atoms with van der Waals surface area (Å²) in [6.45, 7) is 3.59. The van der Waals surface area contributed by atoms with Crippen LogP contribution in [0.15, 0.2) is 47.3 Å². The number of carboxylic acid groups (broad SMARTS) is 1. The molecule has 13 heteroatoms. The van der Waals surface area contributed by atoms with Crippen molar-refractivity contribution in [3.8, 4) is 11.4 Å². The third-order valence-electron chi connectivity index (χ3n) is 6.78. The van der Waals surface area contributed by atoms with E-state index in [0.29, 0.717) is 33.6 Å². The second-order valence-electron chi connectivity index (χ2n) is 9.45. The van der Waals surface area contributed by atoms with Crippen LogP contribution in [0, 0.1) is 25.5 Å². The Kier molecular flexibility index (Phi) is 6.81. The van der Waals surface area contributed by atoms with Gasteiger partial charge in [-0.15, -0.1) is 4.68 Å². The van der Waals surface area contributed by atoms with Gasteiger partial charge in [0.1, 0.15) is 5.69 Å². The predicted octanol–water partition coefficient (Wildman–Crippen LogP) is 4.02. The maximum Gasteiger partial charge on any atom is 0.377 e. The number of halogens is 2. The number of tetrazole rings is 1. The number of aromatic nitrogens is 6. The van der Waals surface area contributed by atoms with Gasteiger partial charge in [-0.3, -0.25) is 4.90 Å². The lowest BCUT2D eigenvalue weighted by Gasteiger charge is -2.34. The third-order valence-corrected chi connectivity index (χ3v) is 6.78. The summed E-state index contributed by atoms with van der Waals surface area (Å²) in [6.07, 6.45) is 3.84. The fourth-order valence-corrected chi connectivity index (χ4v) is 5.02. The van der Waals surface area contributed by atoms with Crippen LogP contribution in [0.5, 0.6) is 0 Å². The Bertz CT molecular complexity index is 1620. The van der Waals surface area contributed by atoms with E-state index in [4.69, 9.17) is 0 Å². The summed E-state index contributed by atoms with van der Waals surface area (Å²) >= 11 is 0. The van der Waals surface area contributed by atoms with Gasteiger partial charge in [0.2, 0.25) is 0 Å². The van der Waals surface area contributed by atoms with Crippen LogP contribution in [0.3, 0.4) is 0 Å². The minimum absolute atomic E-state index is 0.100. The Morgan fingerprint density at radius 3 is 2.28 bits per heavy atom. The van der Waals surface area contributed by atoms with Crippen molar-refractivity contribution in [2.75, 3.05) is 4.90 Å². The van der Waals surface area contributed by atoms with Crippen LogP contribution in [0.2, 0.25) is 0 Å². The summed E-state index contributed by atoms with van der Waals surface area (Å²) in [5.74, 6) is -3.33. The van der Waals surface area contributed by atoms with Gasteiger partial charge < -0.3 is 5.11 Å². The van der Waals surface area contributed by atoms with E-state index in [2.05, 4.69) is 15.5 Å².